The quantitative estimate of drug-likeness (QED) is 0.559. The lowest BCUT2D eigenvalue weighted by Crippen LogP contribution is -2.22. The summed E-state index contributed by atoms with van der Waals surface area (Å²) in [6, 6.07) is 13.8. The maximum atomic E-state index is 13.6. The molecule has 1 aromatic heterocycles. The Balaban J connectivity index is 1.94. The SMILES string of the molecule is O=C1C[C@H](c2ccc(F)c(Br)c2)c2sc(C(=O)O)c(-c3ccccc3)c2N1. The number of halogens is 2. The number of aromatic carboxylic acids is 1. The van der Waals surface area contributed by atoms with Gasteiger partial charge in [-0.1, -0.05) is 36.4 Å². The summed E-state index contributed by atoms with van der Waals surface area (Å²) < 4.78 is 13.9. The summed E-state index contributed by atoms with van der Waals surface area (Å²) in [4.78, 5) is 25.2. The first-order valence-corrected chi connectivity index (χ1v) is 9.77. The van der Waals surface area contributed by atoms with Crippen molar-refractivity contribution in [2.45, 2.75) is 12.3 Å². The number of carbonyl (C=O) groups is 2. The summed E-state index contributed by atoms with van der Waals surface area (Å²) in [5.41, 5.74) is 2.54. The van der Waals surface area contributed by atoms with Gasteiger partial charge in [0.05, 0.1) is 10.2 Å². The van der Waals surface area contributed by atoms with E-state index in [1.807, 2.05) is 30.3 Å². The average molecular weight is 446 g/mol. The van der Waals surface area contributed by atoms with Crippen LogP contribution in [0.1, 0.15) is 32.5 Å². The summed E-state index contributed by atoms with van der Waals surface area (Å²) in [6.07, 6.45) is 0.179. The minimum atomic E-state index is -1.04. The van der Waals surface area contributed by atoms with Crippen LogP contribution in [-0.4, -0.2) is 17.0 Å². The first-order chi connectivity index (χ1) is 13.0. The van der Waals surface area contributed by atoms with Gasteiger partial charge in [0.1, 0.15) is 10.7 Å². The highest BCUT2D eigenvalue weighted by Crippen LogP contribution is 2.49. The van der Waals surface area contributed by atoms with Crippen molar-refractivity contribution < 1.29 is 19.1 Å². The van der Waals surface area contributed by atoms with E-state index in [1.165, 1.54) is 6.07 Å². The summed E-state index contributed by atoms with van der Waals surface area (Å²) >= 11 is 4.34. The molecular formula is C20H13BrFNO3S. The Kier molecular flexibility index (Phi) is 4.57. The molecule has 3 aromatic rings. The molecule has 1 amide bonds. The standard InChI is InChI=1S/C20H13BrFNO3S/c21-13-8-11(6-7-14(13)22)12-9-15(24)23-17-16(10-4-2-1-3-5-10)19(20(25)26)27-18(12)17/h1-8,12H,9H2,(H,23,24)(H,25,26)/t12-/m1/s1. The van der Waals surface area contributed by atoms with Gasteiger partial charge < -0.3 is 10.4 Å². The topological polar surface area (TPSA) is 66.4 Å². The van der Waals surface area contributed by atoms with E-state index in [9.17, 15) is 19.1 Å². The molecule has 1 aliphatic heterocycles. The molecule has 0 bridgehead atoms. The molecule has 2 aromatic carbocycles. The Morgan fingerprint density at radius 3 is 2.63 bits per heavy atom. The highest BCUT2D eigenvalue weighted by atomic mass is 79.9. The van der Waals surface area contributed by atoms with E-state index in [4.69, 9.17) is 0 Å². The number of nitrogens with one attached hydrogen (secondary N) is 1. The van der Waals surface area contributed by atoms with E-state index in [2.05, 4.69) is 21.2 Å². The fourth-order valence-corrected chi connectivity index (χ4v) is 4.96. The molecule has 0 radical (unpaired) electrons. The van der Waals surface area contributed by atoms with Crippen molar-refractivity contribution in [1.29, 1.82) is 0 Å². The normalized spacial score (nSPS) is 15.9. The summed E-state index contributed by atoms with van der Waals surface area (Å²) in [5.74, 6) is -1.95. The van der Waals surface area contributed by atoms with Gasteiger partial charge in [0.2, 0.25) is 5.91 Å². The zero-order valence-corrected chi connectivity index (χ0v) is 16.2. The van der Waals surface area contributed by atoms with Gasteiger partial charge >= 0.3 is 5.97 Å². The van der Waals surface area contributed by atoms with Crippen LogP contribution in [0.25, 0.3) is 11.1 Å². The minimum absolute atomic E-state index is 0.179. The van der Waals surface area contributed by atoms with Gasteiger partial charge in [-0.25, -0.2) is 9.18 Å². The van der Waals surface area contributed by atoms with Gasteiger partial charge in [0, 0.05) is 22.8 Å². The van der Waals surface area contributed by atoms with Crippen molar-refractivity contribution in [3.8, 4) is 11.1 Å². The van der Waals surface area contributed by atoms with E-state index in [1.54, 1.807) is 12.1 Å². The van der Waals surface area contributed by atoms with Crippen molar-refractivity contribution in [3.63, 3.8) is 0 Å². The molecule has 27 heavy (non-hydrogen) atoms. The number of benzene rings is 2. The monoisotopic (exact) mass is 445 g/mol. The van der Waals surface area contributed by atoms with Crippen LogP contribution in [0.5, 0.6) is 0 Å². The zero-order chi connectivity index (χ0) is 19.1. The van der Waals surface area contributed by atoms with Crippen LogP contribution in [-0.2, 0) is 4.79 Å². The Bertz CT molecular complexity index is 1060. The predicted octanol–water partition coefficient (Wildman–Crippen LogP) is 5.49. The van der Waals surface area contributed by atoms with Crippen LogP contribution < -0.4 is 5.32 Å². The van der Waals surface area contributed by atoms with Crippen LogP contribution in [0.15, 0.2) is 53.0 Å². The Hall–Kier alpha value is -2.51. The number of fused-ring (bicyclic) bond motifs is 1. The molecule has 0 spiro atoms. The van der Waals surface area contributed by atoms with Crippen molar-refractivity contribution in [2.75, 3.05) is 5.32 Å². The highest BCUT2D eigenvalue weighted by Gasteiger charge is 2.34. The van der Waals surface area contributed by atoms with Gasteiger partial charge in [-0.05, 0) is 39.2 Å². The van der Waals surface area contributed by atoms with Gasteiger partial charge in [-0.3, -0.25) is 4.79 Å². The van der Waals surface area contributed by atoms with Crippen molar-refractivity contribution >= 4 is 44.8 Å². The number of hydrogen-bond acceptors (Lipinski definition) is 3. The highest BCUT2D eigenvalue weighted by molar-refractivity contribution is 9.10. The van der Waals surface area contributed by atoms with Gasteiger partial charge in [0.15, 0.2) is 0 Å². The molecule has 0 fully saturated rings. The first-order valence-electron chi connectivity index (χ1n) is 8.16. The average Bonchev–Trinajstić information content (AvgIpc) is 3.03. The fraction of sp³-hybridized carbons (Fsp3) is 0.100. The zero-order valence-electron chi connectivity index (χ0n) is 13.8. The minimum Gasteiger partial charge on any atom is -0.477 e. The summed E-state index contributed by atoms with van der Waals surface area (Å²) in [5, 5.41) is 12.6. The van der Waals surface area contributed by atoms with E-state index >= 15 is 0 Å². The molecule has 7 heteroatoms. The number of thiophene rings is 1. The van der Waals surface area contributed by atoms with Gasteiger partial charge in [-0.2, -0.15) is 0 Å². The third kappa shape index (κ3) is 3.17. The number of anilines is 1. The Labute approximate surface area is 166 Å². The molecule has 0 unspecified atom stereocenters. The largest absolute Gasteiger partial charge is 0.477 e. The maximum Gasteiger partial charge on any atom is 0.346 e. The molecule has 0 aliphatic carbocycles. The Morgan fingerprint density at radius 1 is 1.22 bits per heavy atom. The molecule has 4 nitrogen and oxygen atoms in total. The molecule has 2 heterocycles. The summed E-state index contributed by atoms with van der Waals surface area (Å²) in [7, 11) is 0. The first kappa shape index (κ1) is 17.9. The van der Waals surface area contributed by atoms with Gasteiger partial charge in [-0.15, -0.1) is 11.3 Å². The van der Waals surface area contributed by atoms with Crippen LogP contribution in [0.4, 0.5) is 10.1 Å². The van der Waals surface area contributed by atoms with Crippen molar-refractivity contribution in [3.05, 3.63) is 74.1 Å². The van der Waals surface area contributed by atoms with Crippen LogP contribution in [0, 0.1) is 5.82 Å². The molecule has 0 saturated carbocycles. The fourth-order valence-electron chi connectivity index (χ4n) is 3.32. The summed E-state index contributed by atoms with van der Waals surface area (Å²) in [6.45, 7) is 0. The van der Waals surface area contributed by atoms with Crippen LogP contribution in [0.3, 0.4) is 0 Å². The van der Waals surface area contributed by atoms with Crippen molar-refractivity contribution in [2.24, 2.45) is 0 Å². The molecule has 4 rings (SSSR count). The number of rotatable bonds is 3. The third-order valence-corrected chi connectivity index (χ3v) is 6.41. The van der Waals surface area contributed by atoms with Crippen molar-refractivity contribution in [1.82, 2.24) is 0 Å². The second kappa shape index (κ2) is 6.90. The molecular weight excluding hydrogens is 433 g/mol. The molecule has 1 atom stereocenters. The van der Waals surface area contributed by atoms with E-state index in [0.29, 0.717) is 15.7 Å². The lowest BCUT2D eigenvalue weighted by Gasteiger charge is -2.24. The second-order valence-corrected chi connectivity index (χ2v) is 8.10. The smallest absolute Gasteiger partial charge is 0.346 e. The second-order valence-electron chi connectivity index (χ2n) is 6.20. The third-order valence-electron chi connectivity index (χ3n) is 4.51. The molecule has 0 saturated heterocycles. The number of hydrogen-bond donors (Lipinski definition) is 2. The number of carboxylic acids is 1. The number of amides is 1. The molecule has 2 N–H and O–H groups in total. The molecule has 1 aliphatic rings. The molecule has 136 valence electrons. The van der Waals surface area contributed by atoms with Crippen LogP contribution >= 0.6 is 27.3 Å². The van der Waals surface area contributed by atoms with E-state index in [-0.39, 0.29) is 28.9 Å². The van der Waals surface area contributed by atoms with Crippen LogP contribution in [0.2, 0.25) is 0 Å². The predicted molar refractivity (Wildman–Crippen MR) is 106 cm³/mol. The lowest BCUT2D eigenvalue weighted by atomic mass is 9.88. The van der Waals surface area contributed by atoms with E-state index in [0.717, 1.165) is 27.3 Å². The maximum absolute atomic E-state index is 13.6. The Morgan fingerprint density at radius 2 is 1.96 bits per heavy atom. The lowest BCUT2D eigenvalue weighted by molar-refractivity contribution is -0.116. The number of carbonyl (C=O) groups excluding carboxylic acids is 1. The van der Waals surface area contributed by atoms with E-state index < -0.39 is 5.97 Å². The number of carboxylic acid groups (broad SMARTS) is 1. The van der Waals surface area contributed by atoms with Gasteiger partial charge in [0.25, 0.3) is 0 Å².